The molecule has 2 heterocycles. The Labute approximate surface area is 71.1 Å². The van der Waals surface area contributed by atoms with Gasteiger partial charge in [0.1, 0.15) is 6.04 Å². The first-order valence-electron chi connectivity index (χ1n) is 4.17. The molecule has 2 saturated heterocycles. The molecule has 66 valence electrons. The third-order valence-corrected chi connectivity index (χ3v) is 2.87. The van der Waals surface area contributed by atoms with Gasteiger partial charge in [-0.05, 0) is 6.42 Å². The normalized spacial score (nSPS) is 33.3. The highest BCUT2D eigenvalue weighted by Gasteiger charge is 2.53. The molecule has 0 unspecified atom stereocenters. The lowest BCUT2D eigenvalue weighted by Gasteiger charge is -2.43. The average molecular weight is 168 g/mol. The largest absolute Gasteiger partial charge is 0.338 e. The minimum absolute atomic E-state index is 0.0175. The van der Waals surface area contributed by atoms with Crippen molar-refractivity contribution in [2.24, 2.45) is 0 Å². The van der Waals surface area contributed by atoms with E-state index in [0.717, 1.165) is 13.0 Å². The summed E-state index contributed by atoms with van der Waals surface area (Å²) in [6, 6.07) is 0.161. The first-order valence-corrected chi connectivity index (χ1v) is 4.17. The van der Waals surface area contributed by atoms with E-state index in [4.69, 9.17) is 0 Å². The van der Waals surface area contributed by atoms with Crippen LogP contribution in [-0.2, 0) is 9.59 Å². The third kappa shape index (κ3) is 0.722. The fraction of sp³-hybridized carbons (Fsp3) is 0.750. The van der Waals surface area contributed by atoms with Crippen molar-refractivity contribution in [1.29, 1.82) is 0 Å². The number of hydrogen-bond donors (Lipinski definition) is 0. The highest BCUT2D eigenvalue weighted by atomic mass is 16.2. The van der Waals surface area contributed by atoms with Crippen LogP contribution in [0.2, 0.25) is 0 Å². The SMILES string of the molecule is CC(=O)N1CC[C@@H]2[C@H]1C(=O)N2C. The third-order valence-electron chi connectivity index (χ3n) is 2.87. The zero-order chi connectivity index (χ0) is 8.88. The van der Waals surface area contributed by atoms with Crippen LogP contribution in [0.15, 0.2) is 0 Å². The number of hydrogen-bond acceptors (Lipinski definition) is 2. The van der Waals surface area contributed by atoms with Gasteiger partial charge in [0.05, 0.1) is 6.04 Å². The van der Waals surface area contributed by atoms with Gasteiger partial charge in [0.2, 0.25) is 11.8 Å². The summed E-state index contributed by atoms with van der Waals surface area (Å²) in [5, 5.41) is 0. The molecule has 0 aromatic rings. The molecule has 0 spiro atoms. The molecule has 0 aromatic heterocycles. The Bertz CT molecular complexity index is 251. The summed E-state index contributed by atoms with van der Waals surface area (Å²) in [7, 11) is 1.80. The lowest BCUT2D eigenvalue weighted by molar-refractivity contribution is -0.155. The first kappa shape index (κ1) is 7.58. The number of carbonyl (C=O) groups is 2. The number of rotatable bonds is 0. The van der Waals surface area contributed by atoms with E-state index in [0.29, 0.717) is 6.04 Å². The van der Waals surface area contributed by atoms with Gasteiger partial charge >= 0.3 is 0 Å². The zero-order valence-corrected chi connectivity index (χ0v) is 7.28. The summed E-state index contributed by atoms with van der Waals surface area (Å²) < 4.78 is 0. The highest BCUT2D eigenvalue weighted by molar-refractivity contribution is 5.93. The van der Waals surface area contributed by atoms with Gasteiger partial charge in [0, 0.05) is 20.5 Å². The summed E-state index contributed by atoms with van der Waals surface area (Å²) in [6.45, 7) is 2.26. The lowest BCUT2D eigenvalue weighted by atomic mass is 9.97. The van der Waals surface area contributed by atoms with E-state index in [1.54, 1.807) is 16.8 Å². The van der Waals surface area contributed by atoms with Crippen molar-refractivity contribution >= 4 is 11.8 Å². The molecule has 2 rings (SSSR count). The Kier molecular flexibility index (Phi) is 1.40. The van der Waals surface area contributed by atoms with Crippen LogP contribution in [0.1, 0.15) is 13.3 Å². The Balaban J connectivity index is 2.16. The second kappa shape index (κ2) is 2.21. The van der Waals surface area contributed by atoms with E-state index in [1.165, 1.54) is 6.92 Å². The monoisotopic (exact) mass is 168 g/mol. The minimum Gasteiger partial charge on any atom is -0.338 e. The summed E-state index contributed by atoms with van der Waals surface area (Å²) in [5.74, 6) is 0.108. The molecule has 0 N–H and O–H groups in total. The van der Waals surface area contributed by atoms with Crippen molar-refractivity contribution in [2.75, 3.05) is 13.6 Å². The Morgan fingerprint density at radius 1 is 1.58 bits per heavy atom. The van der Waals surface area contributed by atoms with Crippen molar-refractivity contribution in [2.45, 2.75) is 25.4 Å². The van der Waals surface area contributed by atoms with Gasteiger partial charge < -0.3 is 9.80 Å². The van der Waals surface area contributed by atoms with E-state index in [9.17, 15) is 9.59 Å². The van der Waals surface area contributed by atoms with Gasteiger partial charge in [-0.1, -0.05) is 0 Å². The molecule has 2 aliphatic rings. The molecule has 0 radical (unpaired) electrons. The fourth-order valence-electron chi connectivity index (χ4n) is 2.12. The van der Waals surface area contributed by atoms with Crippen LogP contribution in [0.25, 0.3) is 0 Å². The van der Waals surface area contributed by atoms with E-state index in [1.807, 2.05) is 0 Å². The smallest absolute Gasteiger partial charge is 0.247 e. The van der Waals surface area contributed by atoms with Crippen molar-refractivity contribution in [3.05, 3.63) is 0 Å². The van der Waals surface area contributed by atoms with Crippen LogP contribution < -0.4 is 0 Å². The molecule has 0 aliphatic carbocycles. The van der Waals surface area contributed by atoms with Gasteiger partial charge in [-0.15, -0.1) is 0 Å². The second-order valence-corrected chi connectivity index (χ2v) is 3.46. The van der Waals surface area contributed by atoms with Gasteiger partial charge in [-0.2, -0.15) is 0 Å². The molecule has 0 aromatic carbocycles. The Morgan fingerprint density at radius 2 is 2.25 bits per heavy atom. The molecule has 2 aliphatic heterocycles. The molecule has 0 bridgehead atoms. The summed E-state index contributed by atoms with van der Waals surface area (Å²) in [4.78, 5) is 25.7. The van der Waals surface area contributed by atoms with E-state index in [2.05, 4.69) is 0 Å². The maximum absolute atomic E-state index is 11.3. The molecule has 0 saturated carbocycles. The van der Waals surface area contributed by atoms with Crippen molar-refractivity contribution in [3.8, 4) is 0 Å². The molecule has 2 atom stereocenters. The van der Waals surface area contributed by atoms with Crippen LogP contribution >= 0.6 is 0 Å². The molecule has 4 nitrogen and oxygen atoms in total. The van der Waals surface area contributed by atoms with Crippen LogP contribution in [0.3, 0.4) is 0 Å². The van der Waals surface area contributed by atoms with Crippen LogP contribution in [-0.4, -0.2) is 47.3 Å². The predicted molar refractivity (Wildman–Crippen MR) is 42.4 cm³/mol. The van der Waals surface area contributed by atoms with Crippen LogP contribution in [0.4, 0.5) is 0 Å². The van der Waals surface area contributed by atoms with Gasteiger partial charge in [0.25, 0.3) is 0 Å². The fourth-order valence-corrected chi connectivity index (χ4v) is 2.12. The van der Waals surface area contributed by atoms with Crippen LogP contribution in [0.5, 0.6) is 0 Å². The van der Waals surface area contributed by atoms with Gasteiger partial charge in [-0.25, -0.2) is 0 Å². The lowest BCUT2D eigenvalue weighted by Crippen LogP contribution is -2.65. The van der Waals surface area contributed by atoms with Gasteiger partial charge in [-0.3, -0.25) is 9.59 Å². The Morgan fingerprint density at radius 3 is 2.83 bits per heavy atom. The minimum atomic E-state index is -0.132. The van der Waals surface area contributed by atoms with E-state index >= 15 is 0 Å². The number of nitrogens with zero attached hydrogens (tertiary/aromatic N) is 2. The molecular weight excluding hydrogens is 156 g/mol. The molecule has 12 heavy (non-hydrogen) atoms. The number of carbonyl (C=O) groups excluding carboxylic acids is 2. The maximum atomic E-state index is 11.3. The second-order valence-electron chi connectivity index (χ2n) is 3.46. The van der Waals surface area contributed by atoms with E-state index < -0.39 is 0 Å². The summed E-state index contributed by atoms with van der Waals surface area (Å²) in [6.07, 6.45) is 0.937. The molecular formula is C8H12N2O2. The highest BCUT2D eigenvalue weighted by Crippen LogP contribution is 2.31. The van der Waals surface area contributed by atoms with Crippen molar-refractivity contribution < 1.29 is 9.59 Å². The molecule has 4 heteroatoms. The number of β-lactam (4-membered cyclic amide) rings is 1. The number of likely N-dealkylation sites (N-methyl/N-ethyl adjacent to an activating group) is 1. The van der Waals surface area contributed by atoms with E-state index in [-0.39, 0.29) is 17.9 Å². The summed E-state index contributed by atoms with van der Waals surface area (Å²) in [5.41, 5.74) is 0. The maximum Gasteiger partial charge on any atom is 0.247 e. The standard InChI is InChI=1S/C8H12N2O2/c1-5(11)10-4-3-6-7(10)8(12)9(6)2/h6-7H,3-4H2,1-2H3/t6-,7+/m1/s1. The summed E-state index contributed by atoms with van der Waals surface area (Å²) >= 11 is 0. The van der Waals surface area contributed by atoms with Gasteiger partial charge in [0.15, 0.2) is 0 Å². The average Bonchev–Trinajstić information content (AvgIpc) is 2.43. The van der Waals surface area contributed by atoms with Crippen molar-refractivity contribution in [1.82, 2.24) is 9.80 Å². The molecule has 2 fully saturated rings. The van der Waals surface area contributed by atoms with Crippen molar-refractivity contribution in [3.63, 3.8) is 0 Å². The molecule has 2 amide bonds. The zero-order valence-electron chi connectivity index (χ0n) is 7.28. The topological polar surface area (TPSA) is 40.6 Å². The Hall–Kier alpha value is -1.06. The number of likely N-dealkylation sites (tertiary alicyclic amines) is 2. The predicted octanol–water partition coefficient (Wildman–Crippen LogP) is -0.552. The quantitative estimate of drug-likeness (QED) is 0.455. The number of amides is 2. The van der Waals surface area contributed by atoms with Crippen LogP contribution in [0, 0.1) is 0 Å². The first-order chi connectivity index (χ1) is 5.63. The number of fused-ring (bicyclic) bond motifs is 1.